The average molecular weight is 221 g/mol. The summed E-state index contributed by atoms with van der Waals surface area (Å²) in [5, 5.41) is 12.8. The molecule has 0 saturated heterocycles. The van der Waals surface area contributed by atoms with E-state index in [1.807, 2.05) is 0 Å². The van der Waals surface area contributed by atoms with Gasteiger partial charge in [-0.2, -0.15) is 5.26 Å². The number of nitrogens with zero attached hydrogens (tertiary/aromatic N) is 2. The third kappa shape index (κ3) is 2.39. The van der Waals surface area contributed by atoms with Crippen LogP contribution in [-0.2, 0) is 0 Å². The Bertz CT molecular complexity index is 275. The minimum absolute atomic E-state index is 0.249. The Hall–Kier alpha value is -0.590. The summed E-state index contributed by atoms with van der Waals surface area (Å²) in [6.07, 6.45) is 7.18. The second-order valence-electron chi connectivity index (χ2n) is 5.37. The van der Waals surface area contributed by atoms with Crippen LogP contribution >= 0.6 is 0 Å². The van der Waals surface area contributed by atoms with Crippen molar-refractivity contribution in [3.8, 4) is 6.07 Å². The third-order valence-electron chi connectivity index (χ3n) is 4.15. The molecule has 2 rings (SSSR count). The number of rotatable bonds is 4. The maximum Gasteiger partial charge on any atom is 0.108 e. The van der Waals surface area contributed by atoms with Crippen molar-refractivity contribution in [2.24, 2.45) is 0 Å². The third-order valence-corrected chi connectivity index (χ3v) is 4.15. The lowest BCUT2D eigenvalue weighted by molar-refractivity contribution is 0.139. The molecule has 3 nitrogen and oxygen atoms in total. The molecule has 2 aliphatic rings. The first kappa shape index (κ1) is 11.9. The lowest BCUT2D eigenvalue weighted by atomic mass is 9.79. The van der Waals surface area contributed by atoms with Crippen molar-refractivity contribution in [1.82, 2.24) is 10.2 Å². The molecule has 0 aromatic rings. The van der Waals surface area contributed by atoms with E-state index in [2.05, 4.69) is 30.3 Å². The molecule has 0 heterocycles. The van der Waals surface area contributed by atoms with Crippen LogP contribution in [0.1, 0.15) is 45.4 Å². The second kappa shape index (κ2) is 4.73. The van der Waals surface area contributed by atoms with Gasteiger partial charge in [0.2, 0.25) is 0 Å². The highest BCUT2D eigenvalue weighted by molar-refractivity contribution is 5.11. The van der Waals surface area contributed by atoms with Gasteiger partial charge in [-0.15, -0.1) is 0 Å². The van der Waals surface area contributed by atoms with Crippen molar-refractivity contribution in [1.29, 1.82) is 5.26 Å². The summed E-state index contributed by atoms with van der Waals surface area (Å²) in [4.78, 5) is 2.52. The van der Waals surface area contributed by atoms with Gasteiger partial charge in [-0.05, 0) is 52.1 Å². The van der Waals surface area contributed by atoms with Crippen LogP contribution in [0.4, 0.5) is 0 Å². The zero-order chi connectivity index (χ0) is 11.6. The van der Waals surface area contributed by atoms with E-state index in [0.717, 1.165) is 25.4 Å². The molecule has 90 valence electrons. The predicted octanol–water partition coefficient (Wildman–Crippen LogP) is 1.90. The van der Waals surface area contributed by atoms with E-state index in [1.54, 1.807) is 0 Å². The molecule has 2 aliphatic carbocycles. The van der Waals surface area contributed by atoms with Gasteiger partial charge in [-0.1, -0.05) is 6.92 Å². The zero-order valence-electron chi connectivity index (χ0n) is 10.5. The molecule has 2 atom stereocenters. The Kier molecular flexibility index (Phi) is 3.51. The van der Waals surface area contributed by atoms with Gasteiger partial charge in [0.1, 0.15) is 5.54 Å². The Balaban J connectivity index is 1.99. The smallest absolute Gasteiger partial charge is 0.108 e. The molecule has 2 saturated carbocycles. The molecule has 0 amide bonds. The molecule has 2 unspecified atom stereocenters. The normalized spacial score (nSPS) is 35.0. The number of nitrogens with one attached hydrogen (secondary N) is 1. The van der Waals surface area contributed by atoms with Gasteiger partial charge in [0, 0.05) is 12.1 Å². The van der Waals surface area contributed by atoms with E-state index in [1.165, 1.54) is 25.7 Å². The summed E-state index contributed by atoms with van der Waals surface area (Å²) in [5.41, 5.74) is -0.249. The summed E-state index contributed by atoms with van der Waals surface area (Å²) in [7, 11) is 2.24. The maximum absolute atomic E-state index is 9.40. The van der Waals surface area contributed by atoms with Crippen molar-refractivity contribution in [2.75, 3.05) is 13.6 Å². The summed E-state index contributed by atoms with van der Waals surface area (Å²) >= 11 is 0. The zero-order valence-corrected chi connectivity index (χ0v) is 10.5. The van der Waals surface area contributed by atoms with Crippen LogP contribution in [0.15, 0.2) is 0 Å². The molecule has 2 fully saturated rings. The van der Waals surface area contributed by atoms with Gasteiger partial charge in [0.15, 0.2) is 0 Å². The van der Waals surface area contributed by atoms with Gasteiger partial charge in [0.05, 0.1) is 6.07 Å². The minimum atomic E-state index is -0.249. The van der Waals surface area contributed by atoms with Crippen molar-refractivity contribution < 1.29 is 0 Å². The second-order valence-corrected chi connectivity index (χ2v) is 5.37. The lowest BCUT2D eigenvalue weighted by Gasteiger charge is -2.40. The minimum Gasteiger partial charge on any atom is -0.300 e. The highest BCUT2D eigenvalue weighted by atomic mass is 15.2. The summed E-state index contributed by atoms with van der Waals surface area (Å²) < 4.78 is 0. The van der Waals surface area contributed by atoms with E-state index >= 15 is 0 Å². The Morgan fingerprint density at radius 1 is 1.38 bits per heavy atom. The van der Waals surface area contributed by atoms with E-state index < -0.39 is 0 Å². The molecule has 0 aliphatic heterocycles. The van der Waals surface area contributed by atoms with E-state index in [-0.39, 0.29) is 5.54 Å². The van der Waals surface area contributed by atoms with Crippen molar-refractivity contribution >= 4 is 0 Å². The Morgan fingerprint density at radius 3 is 2.69 bits per heavy atom. The van der Waals surface area contributed by atoms with Crippen molar-refractivity contribution in [3.05, 3.63) is 0 Å². The molecule has 3 heteroatoms. The maximum atomic E-state index is 9.40. The van der Waals surface area contributed by atoms with Gasteiger partial charge in [-0.25, -0.2) is 0 Å². The summed E-state index contributed by atoms with van der Waals surface area (Å²) in [6, 6.07) is 3.94. The first-order valence-electron chi connectivity index (χ1n) is 6.59. The molecule has 0 spiro atoms. The van der Waals surface area contributed by atoms with Crippen LogP contribution < -0.4 is 5.32 Å². The largest absolute Gasteiger partial charge is 0.300 e. The van der Waals surface area contributed by atoms with Crippen molar-refractivity contribution in [3.63, 3.8) is 0 Å². The summed E-state index contributed by atoms with van der Waals surface area (Å²) in [5.74, 6) is 0. The van der Waals surface area contributed by atoms with Crippen LogP contribution in [0.3, 0.4) is 0 Å². The van der Waals surface area contributed by atoms with E-state index in [9.17, 15) is 5.26 Å². The Labute approximate surface area is 98.8 Å². The standard InChI is InChI=1S/C13H23N3/c1-3-15-13(10-14)8-4-5-12(9-13)16(2)11-6-7-11/h11-12,15H,3-9H2,1-2H3. The highest BCUT2D eigenvalue weighted by Crippen LogP contribution is 2.35. The monoisotopic (exact) mass is 221 g/mol. The molecule has 1 N–H and O–H groups in total. The SMILES string of the molecule is CCNC1(C#N)CCCC(N(C)C2CC2)C1. The molecule has 0 radical (unpaired) electrons. The molecular formula is C13H23N3. The fourth-order valence-corrected chi connectivity index (χ4v) is 3.01. The Morgan fingerprint density at radius 2 is 2.12 bits per heavy atom. The van der Waals surface area contributed by atoms with Gasteiger partial charge in [-0.3, -0.25) is 5.32 Å². The van der Waals surface area contributed by atoms with Crippen LogP contribution in [0.5, 0.6) is 0 Å². The van der Waals surface area contributed by atoms with Crippen LogP contribution in [0, 0.1) is 11.3 Å². The fraction of sp³-hybridized carbons (Fsp3) is 0.923. The van der Waals surface area contributed by atoms with E-state index in [0.29, 0.717) is 6.04 Å². The first-order chi connectivity index (χ1) is 7.71. The quantitative estimate of drug-likeness (QED) is 0.788. The number of nitriles is 1. The predicted molar refractivity (Wildman–Crippen MR) is 65.1 cm³/mol. The lowest BCUT2D eigenvalue weighted by Crippen LogP contribution is -2.52. The van der Waals surface area contributed by atoms with Crippen LogP contribution in [0.2, 0.25) is 0 Å². The van der Waals surface area contributed by atoms with Gasteiger partial charge < -0.3 is 4.90 Å². The highest BCUT2D eigenvalue weighted by Gasteiger charge is 2.40. The number of hydrogen-bond donors (Lipinski definition) is 1. The van der Waals surface area contributed by atoms with E-state index in [4.69, 9.17) is 0 Å². The van der Waals surface area contributed by atoms with Crippen LogP contribution in [-0.4, -0.2) is 36.1 Å². The van der Waals surface area contributed by atoms with Gasteiger partial charge in [0.25, 0.3) is 0 Å². The number of hydrogen-bond acceptors (Lipinski definition) is 3. The topological polar surface area (TPSA) is 39.1 Å². The van der Waals surface area contributed by atoms with Crippen LogP contribution in [0.25, 0.3) is 0 Å². The summed E-state index contributed by atoms with van der Waals surface area (Å²) in [6.45, 7) is 2.99. The molecular weight excluding hydrogens is 198 g/mol. The molecule has 16 heavy (non-hydrogen) atoms. The fourth-order valence-electron chi connectivity index (χ4n) is 3.01. The molecule has 0 aromatic carbocycles. The average Bonchev–Trinajstić information content (AvgIpc) is 3.13. The molecule has 0 aromatic heterocycles. The van der Waals surface area contributed by atoms with Gasteiger partial charge >= 0.3 is 0 Å². The first-order valence-corrected chi connectivity index (χ1v) is 6.59. The van der Waals surface area contributed by atoms with Crippen molar-refractivity contribution in [2.45, 2.75) is 63.1 Å². The molecule has 0 bridgehead atoms.